The smallest absolute Gasteiger partial charge is 1.00 e. The Morgan fingerprint density at radius 2 is 1.09 bits per heavy atom. The molecule has 0 amide bonds. The molecule has 0 aliphatic carbocycles. The molecule has 0 aliphatic heterocycles. The summed E-state index contributed by atoms with van der Waals surface area (Å²) in [7, 11) is -9.31. The van der Waals surface area contributed by atoms with Gasteiger partial charge in [0.1, 0.15) is 0 Å². The molecule has 5 N–H and O–H groups in total. The summed E-state index contributed by atoms with van der Waals surface area (Å²) in [5, 5.41) is 0. The number of hydrogen-bond acceptors (Lipinski definition) is 3. The van der Waals surface area contributed by atoms with E-state index in [-0.39, 0.29) is 25.9 Å². The monoisotopic (exact) mass is 222 g/mol. The van der Waals surface area contributed by atoms with Crippen molar-refractivity contribution in [3.63, 3.8) is 0 Å². The Labute approximate surface area is 81.2 Å². The van der Waals surface area contributed by atoms with Crippen LogP contribution in [0.2, 0.25) is 0 Å². The summed E-state index contributed by atoms with van der Waals surface area (Å²) in [5.74, 6) is 0. The molecule has 0 aromatic rings. The van der Waals surface area contributed by atoms with Crippen LogP contribution in [-0.4, -0.2) is 55.3 Å². The van der Waals surface area contributed by atoms with E-state index in [1.165, 1.54) is 0 Å². The van der Waals surface area contributed by atoms with Crippen molar-refractivity contribution in [2.45, 2.75) is 0 Å². The molecule has 11 heavy (non-hydrogen) atoms. The molecular weight excluding hydrogens is 215 g/mol. The molecule has 0 unspecified atom stereocenters. The van der Waals surface area contributed by atoms with Gasteiger partial charge in [0.25, 0.3) is 0 Å². The van der Waals surface area contributed by atoms with E-state index >= 15 is 0 Å². The molecule has 0 radical (unpaired) electrons. The zero-order valence-corrected chi connectivity index (χ0v) is 8.15. The first kappa shape index (κ1) is 17.7. The normalized spacial score (nSPS) is 10.6. The molecule has 8 nitrogen and oxygen atoms in total. The summed E-state index contributed by atoms with van der Waals surface area (Å²) in [6.07, 6.45) is 0. The van der Waals surface area contributed by atoms with Gasteiger partial charge in [0, 0.05) is 0 Å². The molecule has 0 bridgehead atoms. The predicted octanol–water partition coefficient (Wildman–Crippen LogP) is -1.74. The summed E-state index contributed by atoms with van der Waals surface area (Å²) in [4.78, 5) is 21.6. The van der Waals surface area contributed by atoms with Crippen molar-refractivity contribution in [1.29, 1.82) is 0 Å². The zero-order valence-electron chi connectivity index (χ0n) is 7.02. The van der Waals surface area contributed by atoms with Gasteiger partial charge in [-0.3, -0.25) is 9.11 Å². The molecule has 0 rings (SSSR count). The van der Waals surface area contributed by atoms with Crippen LogP contribution in [-0.2, 0) is 15.0 Å². The van der Waals surface area contributed by atoms with E-state index in [4.69, 9.17) is 36.8 Å². The van der Waals surface area contributed by atoms with E-state index in [1.54, 1.807) is 0 Å². The van der Waals surface area contributed by atoms with Crippen LogP contribution < -0.4 is 0 Å². The molecule has 0 aromatic carbocycles. The Balaban J connectivity index is -0.0000000267. The van der Waals surface area contributed by atoms with Gasteiger partial charge >= 0.3 is 41.3 Å². The van der Waals surface area contributed by atoms with Crippen LogP contribution in [0, 0.1) is 0 Å². The minimum atomic E-state index is -4.67. The molecule has 11 heteroatoms. The second-order valence-electron chi connectivity index (χ2n) is 0.961. The minimum Gasteiger partial charge on any atom is -1.00 e. The fourth-order valence-electron chi connectivity index (χ4n) is 0. The summed E-state index contributed by atoms with van der Waals surface area (Å²) in [5.41, 5.74) is 0. The second-order valence-corrected chi connectivity index (χ2v) is 2.88. The number of hydrogen-bond donors (Lipinski definition) is 5. The van der Waals surface area contributed by atoms with E-state index in [9.17, 15) is 0 Å². The van der Waals surface area contributed by atoms with Crippen molar-refractivity contribution < 1.29 is 39.6 Å². The minimum absolute atomic E-state index is 0. The van der Waals surface area contributed by atoms with Gasteiger partial charge in [0.15, 0.2) is 0 Å². The fourth-order valence-corrected chi connectivity index (χ4v) is 0. The fraction of sp³-hybridized carbons (Fsp3) is 0. The van der Waals surface area contributed by atoms with E-state index in [2.05, 4.69) is 0 Å². The topological polar surface area (TPSA) is 152 Å². The van der Waals surface area contributed by atoms with Crippen molar-refractivity contribution in [2.75, 3.05) is 0 Å². The molecule has 0 heterocycles. The third kappa shape index (κ3) is 1480. The molecule has 0 aliphatic rings. The van der Waals surface area contributed by atoms with E-state index in [0.29, 0.717) is 0 Å². The molecule has 0 fully saturated rings. The zero-order chi connectivity index (χ0) is 9.00. The Morgan fingerprint density at radius 1 is 1.09 bits per heavy atom. The SMILES string of the molecule is O=P(O)(O)O.O=S(=O)(O)O.[H-].[H-].[Mg+2]. The Kier molecular flexibility index (Phi) is 10.1. The predicted molar refractivity (Wildman–Crippen MR) is 36.4 cm³/mol. The molecule has 0 aromatic heterocycles. The maximum absolute atomic E-state index is 8.88. The van der Waals surface area contributed by atoms with Gasteiger partial charge in [-0.25, -0.2) is 4.57 Å². The first-order chi connectivity index (χ1) is 4.00. The van der Waals surface area contributed by atoms with Crippen LogP contribution in [0.3, 0.4) is 0 Å². The van der Waals surface area contributed by atoms with Crippen molar-refractivity contribution in [1.82, 2.24) is 0 Å². The van der Waals surface area contributed by atoms with Crippen molar-refractivity contribution in [3.05, 3.63) is 0 Å². The molecule has 0 atom stereocenters. The van der Waals surface area contributed by atoms with Gasteiger partial charge in [-0.1, -0.05) is 0 Å². The maximum atomic E-state index is 8.88. The average molecular weight is 222 g/mol. The van der Waals surface area contributed by atoms with Gasteiger partial charge in [-0.2, -0.15) is 8.42 Å². The Hall–Kier alpha value is 0.746. The summed E-state index contributed by atoms with van der Waals surface area (Å²) >= 11 is 0. The Bertz CT molecular complexity index is 200. The largest absolute Gasteiger partial charge is 2.00 e. The van der Waals surface area contributed by atoms with Gasteiger partial charge in [-0.05, 0) is 0 Å². The van der Waals surface area contributed by atoms with Crippen molar-refractivity contribution in [3.8, 4) is 0 Å². The standard InChI is InChI=1S/Mg.H3O4P.H2O4S.2H/c;2*1-5(2,3)4;;/h;(H3,1,2,3,4);(H2,1,2,3,4);;/q+2;;;2*-1. The van der Waals surface area contributed by atoms with Crippen LogP contribution in [0.5, 0.6) is 0 Å². The number of phosphoric acid groups is 1. The average Bonchev–Trinajstić information content (AvgIpc) is 1.12. The van der Waals surface area contributed by atoms with E-state index in [0.717, 1.165) is 0 Å². The summed E-state index contributed by atoms with van der Waals surface area (Å²) in [6.45, 7) is 0. The van der Waals surface area contributed by atoms with E-state index < -0.39 is 18.2 Å². The number of rotatable bonds is 0. The first-order valence-electron chi connectivity index (χ1n) is 1.48. The molecule has 68 valence electrons. The summed E-state index contributed by atoms with van der Waals surface area (Å²) < 4.78 is 40.5. The van der Waals surface area contributed by atoms with Crippen LogP contribution in [0.1, 0.15) is 2.85 Å². The maximum Gasteiger partial charge on any atom is 2.00 e. The first-order valence-corrected chi connectivity index (χ1v) is 4.44. The van der Waals surface area contributed by atoms with Gasteiger partial charge in [0.2, 0.25) is 0 Å². The van der Waals surface area contributed by atoms with Crippen molar-refractivity contribution >= 4 is 41.3 Å². The second kappa shape index (κ2) is 6.28. The van der Waals surface area contributed by atoms with Gasteiger partial charge in [-0.15, -0.1) is 0 Å². The quantitative estimate of drug-likeness (QED) is 0.184. The summed E-state index contributed by atoms with van der Waals surface area (Å²) in [6, 6.07) is 0. The molecule has 0 saturated carbocycles. The third-order valence-corrected chi connectivity index (χ3v) is 0. The van der Waals surface area contributed by atoms with E-state index in [1.807, 2.05) is 0 Å². The van der Waals surface area contributed by atoms with Gasteiger partial charge in [0.05, 0.1) is 0 Å². The van der Waals surface area contributed by atoms with Crippen LogP contribution in [0.4, 0.5) is 0 Å². The van der Waals surface area contributed by atoms with Crippen molar-refractivity contribution in [2.24, 2.45) is 0 Å². The van der Waals surface area contributed by atoms with Crippen LogP contribution in [0.25, 0.3) is 0 Å². The molecule has 0 saturated heterocycles. The van der Waals surface area contributed by atoms with Gasteiger partial charge < -0.3 is 17.5 Å². The van der Waals surface area contributed by atoms with Crippen LogP contribution in [0.15, 0.2) is 0 Å². The third-order valence-electron chi connectivity index (χ3n) is 0. The van der Waals surface area contributed by atoms with Crippen LogP contribution >= 0.6 is 7.82 Å². The molecular formula is H7MgO8PS. The molecule has 0 spiro atoms. The Morgan fingerprint density at radius 3 is 1.09 bits per heavy atom.